The van der Waals surface area contributed by atoms with Gasteiger partial charge in [-0.25, -0.2) is 15.0 Å². The van der Waals surface area contributed by atoms with Gasteiger partial charge in [-0.3, -0.25) is 0 Å². The Morgan fingerprint density at radius 1 is 1.44 bits per heavy atom. The fourth-order valence-electron chi connectivity index (χ4n) is 0.463. The molecule has 0 aliphatic heterocycles. The summed E-state index contributed by atoms with van der Waals surface area (Å²) in [7, 11) is 0. The first-order valence-corrected chi connectivity index (χ1v) is 2.38. The Balaban J connectivity index is 3.15. The third kappa shape index (κ3) is 1.02. The topological polar surface area (TPSA) is 64.2 Å². The zero-order valence-electron chi connectivity index (χ0n) is 4.78. The molecule has 0 atom stereocenters. The van der Waals surface area contributed by atoms with Crippen LogP contribution in [0.2, 0.25) is 0 Å². The van der Waals surface area contributed by atoms with Crippen LogP contribution in [0.25, 0.3) is 0 Å². The number of nitrogens with two attached hydrogens (primary N) is 1. The predicted molar refractivity (Wildman–Crippen MR) is 35.7 cm³/mol. The van der Waals surface area contributed by atoms with Crippen molar-refractivity contribution in [3.8, 4) is 0 Å². The SMILES string of the molecule is C=Nc1nccnc1N. The number of hydrogen-bond donors (Lipinski definition) is 1. The first-order chi connectivity index (χ1) is 4.34. The minimum atomic E-state index is 0.313. The predicted octanol–water partition coefficient (Wildman–Crippen LogP) is 0.391. The van der Waals surface area contributed by atoms with Gasteiger partial charge in [-0.05, 0) is 6.72 Å². The third-order valence-electron chi connectivity index (χ3n) is 0.856. The maximum absolute atomic E-state index is 5.32. The first kappa shape index (κ1) is 5.68. The standard InChI is InChI=1S/C5H6N4/c1-7-5-4(6)8-2-3-9-5/h2-3H,1H2,(H2,6,8). The van der Waals surface area contributed by atoms with Crippen molar-refractivity contribution in [3.63, 3.8) is 0 Å². The van der Waals surface area contributed by atoms with Crippen LogP contribution in [-0.2, 0) is 0 Å². The van der Waals surface area contributed by atoms with Gasteiger partial charge in [-0.2, -0.15) is 0 Å². The van der Waals surface area contributed by atoms with E-state index in [9.17, 15) is 0 Å². The van der Waals surface area contributed by atoms with E-state index in [4.69, 9.17) is 5.73 Å². The highest BCUT2D eigenvalue weighted by Crippen LogP contribution is 2.11. The van der Waals surface area contributed by atoms with Crippen LogP contribution < -0.4 is 5.73 Å². The molecular weight excluding hydrogens is 116 g/mol. The van der Waals surface area contributed by atoms with Crippen LogP contribution >= 0.6 is 0 Å². The summed E-state index contributed by atoms with van der Waals surface area (Å²) in [5.41, 5.74) is 5.32. The van der Waals surface area contributed by atoms with Crippen molar-refractivity contribution < 1.29 is 0 Å². The lowest BCUT2D eigenvalue weighted by Gasteiger charge is -1.92. The van der Waals surface area contributed by atoms with E-state index >= 15 is 0 Å². The van der Waals surface area contributed by atoms with Gasteiger partial charge in [0.25, 0.3) is 0 Å². The lowest BCUT2D eigenvalue weighted by Crippen LogP contribution is -1.90. The highest BCUT2D eigenvalue weighted by atomic mass is 15.0. The molecule has 0 aliphatic carbocycles. The number of rotatable bonds is 1. The normalized spacial score (nSPS) is 8.89. The van der Waals surface area contributed by atoms with Gasteiger partial charge < -0.3 is 5.73 Å². The molecule has 4 nitrogen and oxygen atoms in total. The zero-order valence-corrected chi connectivity index (χ0v) is 4.78. The van der Waals surface area contributed by atoms with Gasteiger partial charge in [-0.1, -0.05) is 0 Å². The molecule has 46 valence electrons. The Hall–Kier alpha value is -1.45. The second-order valence-corrected chi connectivity index (χ2v) is 1.42. The summed E-state index contributed by atoms with van der Waals surface area (Å²) in [5.74, 6) is 0.699. The number of nitrogen functional groups attached to an aromatic ring is 1. The van der Waals surface area contributed by atoms with Crippen LogP contribution in [0.15, 0.2) is 17.4 Å². The summed E-state index contributed by atoms with van der Waals surface area (Å²) >= 11 is 0. The number of hydrogen-bond acceptors (Lipinski definition) is 4. The van der Waals surface area contributed by atoms with E-state index in [0.717, 1.165) is 0 Å². The van der Waals surface area contributed by atoms with Crippen LogP contribution in [0, 0.1) is 0 Å². The first-order valence-electron chi connectivity index (χ1n) is 2.38. The average Bonchev–Trinajstić information content (AvgIpc) is 1.89. The maximum Gasteiger partial charge on any atom is 0.194 e. The summed E-state index contributed by atoms with van der Waals surface area (Å²) in [6, 6.07) is 0. The van der Waals surface area contributed by atoms with Gasteiger partial charge in [0.2, 0.25) is 0 Å². The lowest BCUT2D eigenvalue weighted by molar-refractivity contribution is 1.19. The summed E-state index contributed by atoms with van der Waals surface area (Å²) < 4.78 is 0. The van der Waals surface area contributed by atoms with Crippen molar-refractivity contribution >= 4 is 18.4 Å². The van der Waals surface area contributed by atoms with Crippen molar-refractivity contribution in [2.75, 3.05) is 5.73 Å². The molecule has 0 bridgehead atoms. The monoisotopic (exact) mass is 122 g/mol. The second kappa shape index (κ2) is 2.21. The van der Waals surface area contributed by atoms with E-state index in [2.05, 4.69) is 21.7 Å². The van der Waals surface area contributed by atoms with Gasteiger partial charge in [0.1, 0.15) is 0 Å². The Kier molecular flexibility index (Phi) is 1.40. The van der Waals surface area contributed by atoms with Gasteiger partial charge >= 0.3 is 0 Å². The summed E-state index contributed by atoms with van der Waals surface area (Å²) in [4.78, 5) is 11.0. The van der Waals surface area contributed by atoms with Crippen molar-refractivity contribution in [1.82, 2.24) is 9.97 Å². The molecule has 0 amide bonds. The Morgan fingerprint density at radius 2 is 2.11 bits per heavy atom. The highest BCUT2D eigenvalue weighted by Gasteiger charge is 1.92. The Morgan fingerprint density at radius 3 is 2.56 bits per heavy atom. The molecule has 0 aliphatic rings. The Bertz CT molecular complexity index is 220. The molecule has 0 aromatic carbocycles. The molecule has 2 N–H and O–H groups in total. The molecule has 0 saturated heterocycles. The molecule has 1 aromatic rings. The van der Waals surface area contributed by atoms with Crippen LogP contribution in [0.4, 0.5) is 11.6 Å². The van der Waals surface area contributed by atoms with E-state index in [1.165, 1.54) is 12.4 Å². The molecule has 4 heteroatoms. The van der Waals surface area contributed by atoms with Crippen LogP contribution in [0.1, 0.15) is 0 Å². The Labute approximate surface area is 52.5 Å². The maximum atomic E-state index is 5.32. The van der Waals surface area contributed by atoms with E-state index in [1.807, 2.05) is 0 Å². The average molecular weight is 122 g/mol. The second-order valence-electron chi connectivity index (χ2n) is 1.42. The fourth-order valence-corrected chi connectivity index (χ4v) is 0.463. The van der Waals surface area contributed by atoms with Crippen LogP contribution in [-0.4, -0.2) is 16.7 Å². The third-order valence-corrected chi connectivity index (χ3v) is 0.856. The zero-order chi connectivity index (χ0) is 6.69. The smallest absolute Gasteiger partial charge is 0.194 e. The van der Waals surface area contributed by atoms with E-state index in [1.54, 1.807) is 0 Å². The van der Waals surface area contributed by atoms with Crippen molar-refractivity contribution in [3.05, 3.63) is 12.4 Å². The molecule has 9 heavy (non-hydrogen) atoms. The summed E-state index contributed by atoms with van der Waals surface area (Å²) in [6.07, 6.45) is 3.02. The number of aromatic nitrogens is 2. The molecule has 1 aromatic heterocycles. The van der Waals surface area contributed by atoms with E-state index in [-0.39, 0.29) is 0 Å². The van der Waals surface area contributed by atoms with E-state index < -0.39 is 0 Å². The molecular formula is C5H6N4. The van der Waals surface area contributed by atoms with Crippen molar-refractivity contribution in [2.45, 2.75) is 0 Å². The lowest BCUT2D eigenvalue weighted by atomic mass is 10.6. The quantitative estimate of drug-likeness (QED) is 0.548. The molecule has 0 fully saturated rings. The minimum absolute atomic E-state index is 0.313. The van der Waals surface area contributed by atoms with Gasteiger partial charge in [-0.15, -0.1) is 0 Å². The summed E-state index contributed by atoms with van der Waals surface area (Å²) in [5, 5.41) is 0. The molecule has 0 unspecified atom stereocenters. The van der Waals surface area contributed by atoms with Gasteiger partial charge in [0.05, 0.1) is 0 Å². The largest absolute Gasteiger partial charge is 0.381 e. The highest BCUT2D eigenvalue weighted by molar-refractivity contribution is 5.54. The van der Waals surface area contributed by atoms with E-state index in [0.29, 0.717) is 11.6 Å². The van der Waals surface area contributed by atoms with Crippen molar-refractivity contribution in [2.24, 2.45) is 4.99 Å². The summed E-state index contributed by atoms with van der Waals surface area (Å²) in [6.45, 7) is 3.26. The molecule has 0 spiro atoms. The molecule has 0 radical (unpaired) electrons. The number of aliphatic imine (C=N–C) groups is 1. The molecule has 1 heterocycles. The molecule has 0 saturated carbocycles. The fraction of sp³-hybridized carbons (Fsp3) is 0. The van der Waals surface area contributed by atoms with Gasteiger partial charge in [0.15, 0.2) is 11.6 Å². The van der Waals surface area contributed by atoms with Gasteiger partial charge in [0, 0.05) is 12.4 Å². The minimum Gasteiger partial charge on any atom is -0.381 e. The van der Waals surface area contributed by atoms with Crippen LogP contribution in [0.5, 0.6) is 0 Å². The number of nitrogens with zero attached hydrogens (tertiary/aromatic N) is 3. The van der Waals surface area contributed by atoms with Crippen molar-refractivity contribution in [1.29, 1.82) is 0 Å². The number of anilines is 1. The molecule has 1 rings (SSSR count). The van der Waals surface area contributed by atoms with Crippen LogP contribution in [0.3, 0.4) is 0 Å².